The lowest BCUT2D eigenvalue weighted by Gasteiger charge is -2.17. The number of hydrogen-bond donors (Lipinski definition) is 1. The summed E-state index contributed by atoms with van der Waals surface area (Å²) in [5.74, 6) is -0.00975. The van der Waals surface area contributed by atoms with Crippen LogP contribution in [0.4, 0.5) is 5.69 Å². The third-order valence-electron chi connectivity index (χ3n) is 4.02. The molecule has 0 saturated carbocycles. The molecule has 1 aromatic heterocycles. The normalized spacial score (nSPS) is 17.3. The molecule has 8 heteroatoms. The lowest BCUT2D eigenvalue weighted by atomic mass is 10.2. The topological polar surface area (TPSA) is 93.0 Å². The van der Waals surface area contributed by atoms with Crippen LogP contribution in [0.15, 0.2) is 30.6 Å². The van der Waals surface area contributed by atoms with Crippen molar-refractivity contribution in [2.45, 2.75) is 38.8 Å². The lowest BCUT2D eigenvalue weighted by molar-refractivity contribution is -0.121. The van der Waals surface area contributed by atoms with Crippen molar-refractivity contribution in [3.63, 3.8) is 0 Å². The van der Waals surface area contributed by atoms with E-state index < -0.39 is 0 Å². The highest BCUT2D eigenvalue weighted by Gasteiger charge is 2.31. The van der Waals surface area contributed by atoms with Crippen LogP contribution < -0.4 is 10.2 Å². The zero-order chi connectivity index (χ0) is 16.9. The summed E-state index contributed by atoms with van der Waals surface area (Å²) >= 11 is 0. The molecule has 0 aliphatic carbocycles. The molecular weight excluding hydrogens is 308 g/mol. The van der Waals surface area contributed by atoms with Gasteiger partial charge in [-0.3, -0.25) is 9.59 Å². The molecule has 24 heavy (non-hydrogen) atoms. The van der Waals surface area contributed by atoms with Crippen molar-refractivity contribution in [3.05, 3.63) is 36.2 Å². The molecule has 0 spiro atoms. The van der Waals surface area contributed by atoms with Crippen LogP contribution in [0, 0.1) is 6.92 Å². The third kappa shape index (κ3) is 3.95. The molecule has 0 unspecified atom stereocenters. The number of amides is 2. The molecule has 1 fully saturated rings. The highest BCUT2D eigenvalue weighted by molar-refractivity contribution is 5.96. The SMILES string of the molecule is Cc1ccc(N2C[C@H](NC(=O)CCCn3cnnn3)CC2=O)cc1. The maximum Gasteiger partial charge on any atom is 0.229 e. The molecule has 0 radical (unpaired) electrons. The molecule has 1 N–H and O–H groups in total. The molecule has 1 aliphatic heterocycles. The van der Waals surface area contributed by atoms with Crippen LogP contribution in [0.2, 0.25) is 0 Å². The Morgan fingerprint density at radius 2 is 2.12 bits per heavy atom. The quantitative estimate of drug-likeness (QED) is 0.842. The average Bonchev–Trinajstić information content (AvgIpc) is 3.18. The second-order valence-electron chi connectivity index (χ2n) is 5.98. The van der Waals surface area contributed by atoms with Crippen LogP contribution in [0.3, 0.4) is 0 Å². The van der Waals surface area contributed by atoms with E-state index in [0.717, 1.165) is 11.3 Å². The summed E-state index contributed by atoms with van der Waals surface area (Å²) in [5.41, 5.74) is 2.03. The molecule has 1 aromatic carbocycles. The zero-order valence-corrected chi connectivity index (χ0v) is 13.6. The van der Waals surface area contributed by atoms with Gasteiger partial charge in [-0.05, 0) is 35.9 Å². The van der Waals surface area contributed by atoms with Crippen LogP contribution in [0.1, 0.15) is 24.8 Å². The summed E-state index contributed by atoms with van der Waals surface area (Å²) in [6, 6.07) is 7.69. The maximum absolute atomic E-state index is 12.2. The molecule has 1 saturated heterocycles. The summed E-state index contributed by atoms with van der Waals surface area (Å²) in [7, 11) is 0. The van der Waals surface area contributed by atoms with Crippen molar-refractivity contribution in [2.75, 3.05) is 11.4 Å². The van der Waals surface area contributed by atoms with E-state index in [1.54, 1.807) is 9.58 Å². The van der Waals surface area contributed by atoms with Crippen LogP contribution >= 0.6 is 0 Å². The fraction of sp³-hybridized carbons (Fsp3) is 0.438. The van der Waals surface area contributed by atoms with Crippen molar-refractivity contribution in [3.8, 4) is 0 Å². The van der Waals surface area contributed by atoms with Gasteiger partial charge in [0.1, 0.15) is 6.33 Å². The standard InChI is InChI=1S/C16H20N6O2/c1-12-4-6-14(7-5-12)22-10-13(9-16(22)24)18-15(23)3-2-8-21-11-17-19-20-21/h4-7,11,13H,2-3,8-10H2,1H3,(H,18,23)/t13-/m1/s1. The number of carbonyl (C=O) groups is 2. The molecule has 2 heterocycles. The Kier molecular flexibility index (Phi) is 4.83. The first-order valence-corrected chi connectivity index (χ1v) is 7.99. The molecule has 8 nitrogen and oxygen atoms in total. The van der Waals surface area contributed by atoms with Gasteiger partial charge in [-0.15, -0.1) is 5.10 Å². The van der Waals surface area contributed by atoms with Crippen LogP contribution in [0.25, 0.3) is 0 Å². The maximum atomic E-state index is 12.2. The lowest BCUT2D eigenvalue weighted by Crippen LogP contribution is -2.37. The predicted octanol–water partition coefficient (Wildman–Crippen LogP) is 0.683. The van der Waals surface area contributed by atoms with Gasteiger partial charge in [-0.2, -0.15) is 0 Å². The molecule has 0 bridgehead atoms. The van der Waals surface area contributed by atoms with Crippen LogP contribution in [-0.2, 0) is 16.1 Å². The van der Waals surface area contributed by atoms with Crippen molar-refractivity contribution in [2.24, 2.45) is 0 Å². The van der Waals surface area contributed by atoms with Gasteiger partial charge in [-0.25, -0.2) is 4.68 Å². The van der Waals surface area contributed by atoms with E-state index in [4.69, 9.17) is 0 Å². The number of benzene rings is 1. The van der Waals surface area contributed by atoms with Crippen molar-refractivity contribution in [1.82, 2.24) is 25.5 Å². The first-order valence-electron chi connectivity index (χ1n) is 7.99. The van der Waals surface area contributed by atoms with E-state index in [1.165, 1.54) is 6.33 Å². The second kappa shape index (κ2) is 7.20. The number of aryl methyl sites for hydroxylation is 2. The van der Waals surface area contributed by atoms with E-state index in [0.29, 0.717) is 32.4 Å². The minimum absolute atomic E-state index is 0.0397. The number of nitrogens with one attached hydrogen (secondary N) is 1. The number of aromatic nitrogens is 4. The van der Waals surface area contributed by atoms with Crippen LogP contribution in [0.5, 0.6) is 0 Å². The Morgan fingerprint density at radius 3 is 2.83 bits per heavy atom. The number of carbonyl (C=O) groups excluding carboxylic acids is 2. The Labute approximate surface area is 139 Å². The van der Waals surface area contributed by atoms with Gasteiger partial charge in [0, 0.05) is 31.6 Å². The van der Waals surface area contributed by atoms with Crippen molar-refractivity contribution in [1.29, 1.82) is 0 Å². The Balaban J connectivity index is 1.47. The van der Waals surface area contributed by atoms with E-state index in [1.807, 2.05) is 31.2 Å². The summed E-state index contributed by atoms with van der Waals surface area (Å²) in [6.45, 7) is 3.12. The minimum atomic E-state index is -0.140. The van der Waals surface area contributed by atoms with Gasteiger partial charge < -0.3 is 10.2 Å². The number of rotatable bonds is 6. The van der Waals surface area contributed by atoms with Gasteiger partial charge >= 0.3 is 0 Å². The smallest absolute Gasteiger partial charge is 0.229 e. The van der Waals surface area contributed by atoms with E-state index in [-0.39, 0.29) is 17.9 Å². The fourth-order valence-corrected chi connectivity index (χ4v) is 2.76. The number of anilines is 1. The molecule has 126 valence electrons. The number of tetrazole rings is 1. The zero-order valence-electron chi connectivity index (χ0n) is 13.6. The average molecular weight is 328 g/mol. The largest absolute Gasteiger partial charge is 0.351 e. The second-order valence-corrected chi connectivity index (χ2v) is 5.98. The molecule has 1 aliphatic rings. The summed E-state index contributed by atoms with van der Waals surface area (Å²) in [6.07, 6.45) is 2.90. The summed E-state index contributed by atoms with van der Waals surface area (Å²) in [5, 5.41) is 13.8. The van der Waals surface area contributed by atoms with Gasteiger partial charge in [0.15, 0.2) is 0 Å². The Morgan fingerprint density at radius 1 is 1.33 bits per heavy atom. The first-order chi connectivity index (χ1) is 11.6. The molecule has 1 atom stereocenters. The molecular formula is C16H20N6O2. The van der Waals surface area contributed by atoms with Crippen molar-refractivity contribution < 1.29 is 9.59 Å². The first kappa shape index (κ1) is 16.1. The number of nitrogens with zero attached hydrogens (tertiary/aromatic N) is 5. The van der Waals surface area contributed by atoms with E-state index in [2.05, 4.69) is 20.8 Å². The minimum Gasteiger partial charge on any atom is -0.351 e. The van der Waals surface area contributed by atoms with Gasteiger partial charge in [-0.1, -0.05) is 17.7 Å². The monoisotopic (exact) mass is 328 g/mol. The fourth-order valence-electron chi connectivity index (χ4n) is 2.76. The van der Waals surface area contributed by atoms with Gasteiger partial charge in [0.25, 0.3) is 0 Å². The third-order valence-corrected chi connectivity index (χ3v) is 4.02. The highest BCUT2D eigenvalue weighted by Crippen LogP contribution is 2.22. The predicted molar refractivity (Wildman–Crippen MR) is 87.1 cm³/mol. The molecule has 2 amide bonds. The Bertz CT molecular complexity index is 698. The summed E-state index contributed by atoms with van der Waals surface area (Å²) < 4.78 is 1.59. The van der Waals surface area contributed by atoms with Gasteiger partial charge in [0.05, 0.1) is 6.04 Å². The van der Waals surface area contributed by atoms with Crippen molar-refractivity contribution >= 4 is 17.5 Å². The van der Waals surface area contributed by atoms with E-state index >= 15 is 0 Å². The number of hydrogen-bond acceptors (Lipinski definition) is 5. The highest BCUT2D eigenvalue weighted by atomic mass is 16.2. The summed E-state index contributed by atoms with van der Waals surface area (Å²) in [4.78, 5) is 25.9. The van der Waals surface area contributed by atoms with E-state index in [9.17, 15) is 9.59 Å². The molecule has 3 rings (SSSR count). The molecule has 2 aromatic rings. The van der Waals surface area contributed by atoms with Crippen LogP contribution in [-0.4, -0.2) is 44.6 Å². The van der Waals surface area contributed by atoms with Gasteiger partial charge in [0.2, 0.25) is 11.8 Å². The Hall–Kier alpha value is -2.77.